The second kappa shape index (κ2) is 5.95. The molecule has 0 bridgehead atoms. The number of carbonyl (C=O) groups is 1. The summed E-state index contributed by atoms with van der Waals surface area (Å²) in [6.45, 7) is 3.04. The number of aryl methyl sites for hydroxylation is 1. The highest BCUT2D eigenvalue weighted by atomic mass is 16.5. The molecule has 23 heavy (non-hydrogen) atoms. The summed E-state index contributed by atoms with van der Waals surface area (Å²) in [7, 11) is 0. The predicted molar refractivity (Wildman–Crippen MR) is 91.0 cm³/mol. The Kier molecular flexibility index (Phi) is 3.80. The van der Waals surface area contributed by atoms with E-state index in [4.69, 9.17) is 4.74 Å². The van der Waals surface area contributed by atoms with Crippen molar-refractivity contribution in [3.8, 4) is 5.88 Å². The van der Waals surface area contributed by atoms with Crippen LogP contribution >= 0.6 is 0 Å². The average molecular weight is 309 g/mol. The standard InChI is InChI=1S/C20H23NO2/c1-13-4-6-14(7-5-13)19(22)15-8-9-18-17(11-15)12-16-3-2-10-23-20(16)21-18/h8-9,11-14H,2-7,10H2,1H3. The maximum Gasteiger partial charge on any atom is 0.217 e. The van der Waals surface area contributed by atoms with E-state index in [2.05, 4.69) is 18.0 Å². The summed E-state index contributed by atoms with van der Waals surface area (Å²) in [6, 6.07) is 8.07. The summed E-state index contributed by atoms with van der Waals surface area (Å²) >= 11 is 0. The van der Waals surface area contributed by atoms with Gasteiger partial charge in [0.1, 0.15) is 0 Å². The number of carbonyl (C=O) groups excluding carboxylic acids is 1. The number of rotatable bonds is 2. The molecule has 3 heteroatoms. The van der Waals surface area contributed by atoms with E-state index in [1.54, 1.807) is 0 Å². The van der Waals surface area contributed by atoms with Crippen LogP contribution in [0.1, 0.15) is 54.9 Å². The van der Waals surface area contributed by atoms with Gasteiger partial charge in [0.2, 0.25) is 5.88 Å². The molecule has 3 nitrogen and oxygen atoms in total. The SMILES string of the molecule is CC1CCC(C(=O)c2ccc3nc4c(cc3c2)CCCO4)CC1. The van der Waals surface area contributed by atoms with Crippen LogP contribution in [0.2, 0.25) is 0 Å². The first-order chi connectivity index (χ1) is 11.2. The van der Waals surface area contributed by atoms with Gasteiger partial charge in [-0.3, -0.25) is 4.79 Å². The zero-order valence-corrected chi connectivity index (χ0v) is 13.7. The molecule has 0 radical (unpaired) electrons. The van der Waals surface area contributed by atoms with Crippen LogP contribution in [0, 0.1) is 11.8 Å². The van der Waals surface area contributed by atoms with Gasteiger partial charge in [0.05, 0.1) is 12.1 Å². The Balaban J connectivity index is 1.64. The van der Waals surface area contributed by atoms with Crippen LogP contribution in [0.15, 0.2) is 24.3 Å². The van der Waals surface area contributed by atoms with E-state index in [1.807, 2.05) is 18.2 Å². The lowest BCUT2D eigenvalue weighted by molar-refractivity contribution is 0.0876. The van der Waals surface area contributed by atoms with Gasteiger partial charge in [-0.15, -0.1) is 0 Å². The van der Waals surface area contributed by atoms with Crippen LogP contribution in [0.25, 0.3) is 10.9 Å². The number of nitrogens with zero attached hydrogens (tertiary/aromatic N) is 1. The van der Waals surface area contributed by atoms with Crippen LogP contribution < -0.4 is 4.74 Å². The smallest absolute Gasteiger partial charge is 0.217 e. The molecule has 0 amide bonds. The molecular weight excluding hydrogens is 286 g/mol. The van der Waals surface area contributed by atoms with Gasteiger partial charge in [0, 0.05) is 22.4 Å². The van der Waals surface area contributed by atoms with Gasteiger partial charge >= 0.3 is 0 Å². The zero-order valence-electron chi connectivity index (χ0n) is 13.7. The fourth-order valence-corrected chi connectivity index (χ4v) is 3.85. The van der Waals surface area contributed by atoms with Crippen molar-refractivity contribution in [1.29, 1.82) is 0 Å². The number of ether oxygens (including phenoxy) is 1. The van der Waals surface area contributed by atoms with Crippen molar-refractivity contribution in [1.82, 2.24) is 4.98 Å². The van der Waals surface area contributed by atoms with Gasteiger partial charge in [-0.2, -0.15) is 0 Å². The molecule has 2 aliphatic rings. The first kappa shape index (κ1) is 14.7. The lowest BCUT2D eigenvalue weighted by atomic mass is 9.79. The second-order valence-electron chi connectivity index (χ2n) is 7.13. The van der Waals surface area contributed by atoms with E-state index in [1.165, 1.54) is 18.4 Å². The molecule has 4 rings (SSSR count). The van der Waals surface area contributed by atoms with Gasteiger partial charge < -0.3 is 4.74 Å². The molecule has 0 unspecified atom stereocenters. The van der Waals surface area contributed by atoms with Crippen molar-refractivity contribution in [3.05, 3.63) is 35.4 Å². The molecule has 2 aromatic rings. The number of hydrogen-bond donors (Lipinski definition) is 0. The summed E-state index contributed by atoms with van der Waals surface area (Å²) < 4.78 is 5.64. The highest BCUT2D eigenvalue weighted by Crippen LogP contribution is 2.32. The monoisotopic (exact) mass is 309 g/mol. The number of hydrogen-bond acceptors (Lipinski definition) is 3. The minimum absolute atomic E-state index is 0.206. The van der Waals surface area contributed by atoms with Crippen LogP contribution in [0.4, 0.5) is 0 Å². The van der Waals surface area contributed by atoms with Gasteiger partial charge in [-0.05, 0) is 55.9 Å². The van der Waals surface area contributed by atoms with Crippen molar-refractivity contribution in [2.45, 2.75) is 45.4 Å². The summed E-state index contributed by atoms with van der Waals surface area (Å²) in [5.41, 5.74) is 2.93. The fraction of sp³-hybridized carbons (Fsp3) is 0.500. The highest BCUT2D eigenvalue weighted by Gasteiger charge is 2.25. The van der Waals surface area contributed by atoms with E-state index in [0.29, 0.717) is 5.78 Å². The summed E-state index contributed by atoms with van der Waals surface area (Å²) in [6.07, 6.45) is 6.48. The van der Waals surface area contributed by atoms with E-state index >= 15 is 0 Å². The summed E-state index contributed by atoms with van der Waals surface area (Å²) in [4.78, 5) is 17.4. The number of ketones is 1. The van der Waals surface area contributed by atoms with Crippen molar-refractivity contribution in [2.24, 2.45) is 11.8 Å². The molecule has 0 N–H and O–H groups in total. The topological polar surface area (TPSA) is 39.2 Å². The average Bonchev–Trinajstić information content (AvgIpc) is 2.59. The number of aromatic nitrogens is 1. The van der Waals surface area contributed by atoms with Crippen LogP contribution in [0.5, 0.6) is 5.88 Å². The number of Topliss-reactive ketones (excluding diaryl/α,β-unsaturated/α-hetero) is 1. The Morgan fingerprint density at radius 1 is 1.17 bits per heavy atom. The molecule has 0 spiro atoms. The van der Waals surface area contributed by atoms with E-state index in [0.717, 1.165) is 60.6 Å². The molecule has 0 atom stereocenters. The van der Waals surface area contributed by atoms with Crippen LogP contribution in [0.3, 0.4) is 0 Å². The Morgan fingerprint density at radius 3 is 2.83 bits per heavy atom. The molecule has 0 saturated heterocycles. The lowest BCUT2D eigenvalue weighted by Gasteiger charge is -2.25. The molecule has 1 aromatic heterocycles. The number of pyridine rings is 1. The van der Waals surface area contributed by atoms with Gasteiger partial charge in [0.15, 0.2) is 5.78 Å². The van der Waals surface area contributed by atoms with E-state index in [-0.39, 0.29) is 5.92 Å². The van der Waals surface area contributed by atoms with Gasteiger partial charge in [-0.1, -0.05) is 19.8 Å². The zero-order chi connectivity index (χ0) is 15.8. The first-order valence-electron chi connectivity index (χ1n) is 8.81. The van der Waals surface area contributed by atoms with Crippen molar-refractivity contribution < 1.29 is 9.53 Å². The molecule has 1 aliphatic heterocycles. The highest BCUT2D eigenvalue weighted by molar-refractivity contribution is 6.01. The van der Waals surface area contributed by atoms with Crippen molar-refractivity contribution in [3.63, 3.8) is 0 Å². The Bertz CT molecular complexity index is 745. The molecule has 1 saturated carbocycles. The molecule has 1 aliphatic carbocycles. The third-order valence-electron chi connectivity index (χ3n) is 5.35. The summed E-state index contributed by atoms with van der Waals surface area (Å²) in [5, 5.41) is 1.06. The normalized spacial score (nSPS) is 24.0. The Hall–Kier alpha value is -1.90. The molecule has 1 fully saturated rings. The van der Waals surface area contributed by atoms with Crippen LogP contribution in [-0.2, 0) is 6.42 Å². The quantitative estimate of drug-likeness (QED) is 0.763. The van der Waals surface area contributed by atoms with E-state index < -0.39 is 0 Å². The summed E-state index contributed by atoms with van der Waals surface area (Å²) in [5.74, 6) is 2.06. The first-order valence-corrected chi connectivity index (χ1v) is 8.81. The third kappa shape index (κ3) is 2.85. The Labute approximate surface area is 137 Å². The predicted octanol–water partition coefficient (Wildman–Crippen LogP) is 4.57. The molecule has 1 aromatic carbocycles. The fourth-order valence-electron chi connectivity index (χ4n) is 3.85. The second-order valence-corrected chi connectivity index (χ2v) is 7.13. The molecule has 2 heterocycles. The number of fused-ring (bicyclic) bond motifs is 2. The maximum absolute atomic E-state index is 12.8. The van der Waals surface area contributed by atoms with E-state index in [9.17, 15) is 4.79 Å². The maximum atomic E-state index is 12.8. The minimum atomic E-state index is 0.206. The third-order valence-corrected chi connectivity index (χ3v) is 5.35. The Morgan fingerprint density at radius 2 is 2.00 bits per heavy atom. The molecular formula is C20H23NO2. The van der Waals surface area contributed by atoms with Crippen molar-refractivity contribution in [2.75, 3.05) is 6.61 Å². The van der Waals surface area contributed by atoms with Gasteiger partial charge in [0.25, 0.3) is 0 Å². The van der Waals surface area contributed by atoms with Crippen LogP contribution in [-0.4, -0.2) is 17.4 Å². The lowest BCUT2D eigenvalue weighted by Crippen LogP contribution is -2.21. The van der Waals surface area contributed by atoms with Gasteiger partial charge in [-0.25, -0.2) is 4.98 Å². The molecule has 120 valence electrons. The minimum Gasteiger partial charge on any atom is -0.477 e. The van der Waals surface area contributed by atoms with Crippen molar-refractivity contribution >= 4 is 16.7 Å². The number of benzene rings is 1. The largest absolute Gasteiger partial charge is 0.477 e.